The Morgan fingerprint density at radius 1 is 1.18 bits per heavy atom. The van der Waals surface area contributed by atoms with Crippen LogP contribution in [-0.2, 0) is 49.3 Å². The Hall–Kier alpha value is -4.75. The van der Waals surface area contributed by atoms with Crippen LogP contribution >= 0.6 is 11.6 Å². The lowest BCUT2D eigenvalue weighted by atomic mass is 9.83. The maximum Gasteiger partial charge on any atom is 0.409 e. The molecule has 5 amide bonds. The number of carbonyl (C=O) groups excluding carboxylic acids is 6. The molecule has 2 fully saturated rings. The number of epoxide rings is 1. The number of alkyl carbamates (subject to hydrolysis) is 1. The van der Waals surface area contributed by atoms with Crippen LogP contribution in [0.2, 0.25) is 5.02 Å². The normalized spacial score (nSPS) is 29.6. The van der Waals surface area contributed by atoms with Crippen molar-refractivity contribution >= 4 is 53.0 Å². The summed E-state index contributed by atoms with van der Waals surface area (Å²) in [4.78, 5) is 79.6. The third-order valence-electron chi connectivity index (χ3n) is 10.6. The number of nitrogens with two attached hydrogens (primary N) is 1. The monoisotopic (exact) mass is 820 g/mol. The predicted molar refractivity (Wildman–Crippen MR) is 206 cm³/mol. The number of methoxy groups -OCH3 is 2. The summed E-state index contributed by atoms with van der Waals surface area (Å²) in [5, 5.41) is 19.1. The molecule has 3 aliphatic heterocycles. The van der Waals surface area contributed by atoms with E-state index in [9.17, 15) is 33.9 Å². The molecule has 0 radical (unpaired) electrons. The number of carbonyl (C=O) groups is 6. The number of amides is 5. The lowest BCUT2D eigenvalue weighted by Crippen LogP contribution is -2.63. The molecule has 0 aromatic heterocycles. The van der Waals surface area contributed by atoms with E-state index in [0.29, 0.717) is 17.9 Å². The van der Waals surface area contributed by atoms with Crippen LogP contribution < -0.4 is 31.3 Å². The number of benzene rings is 1. The number of rotatable bonds is 10. The van der Waals surface area contributed by atoms with E-state index in [1.807, 2.05) is 13.0 Å². The van der Waals surface area contributed by atoms with Gasteiger partial charge in [-0.3, -0.25) is 24.5 Å². The summed E-state index contributed by atoms with van der Waals surface area (Å²) < 4.78 is 29.0. The number of likely N-dealkylation sites (N-methyl/N-ethyl adjacent to an activating group) is 1. The summed E-state index contributed by atoms with van der Waals surface area (Å²) in [6.07, 6.45) is 0.352. The molecule has 1 aromatic carbocycles. The minimum Gasteiger partial charge on any atom is -0.495 e. The van der Waals surface area contributed by atoms with E-state index in [-0.39, 0.29) is 18.0 Å². The van der Waals surface area contributed by atoms with Gasteiger partial charge in [0, 0.05) is 33.5 Å². The van der Waals surface area contributed by atoms with Gasteiger partial charge in [-0.05, 0) is 44.9 Å². The van der Waals surface area contributed by atoms with Crippen LogP contribution in [0, 0.1) is 5.92 Å². The van der Waals surface area contributed by atoms with Crippen molar-refractivity contribution in [1.29, 1.82) is 0 Å². The molecule has 8 atom stereocenters. The average Bonchev–Trinajstić information content (AvgIpc) is 3.87. The van der Waals surface area contributed by atoms with Gasteiger partial charge in [0.1, 0.15) is 40.7 Å². The van der Waals surface area contributed by atoms with Crippen LogP contribution in [0.1, 0.15) is 46.1 Å². The predicted octanol–water partition coefficient (Wildman–Crippen LogP) is 0.706. The van der Waals surface area contributed by atoms with Crippen LogP contribution in [-0.4, -0.2) is 135 Å². The van der Waals surface area contributed by atoms with Gasteiger partial charge >= 0.3 is 12.1 Å². The van der Waals surface area contributed by atoms with E-state index in [0.717, 1.165) is 16.0 Å². The van der Waals surface area contributed by atoms with Crippen molar-refractivity contribution < 1.29 is 57.6 Å². The lowest BCUT2D eigenvalue weighted by molar-refractivity contribution is -0.161. The second kappa shape index (κ2) is 18.7. The van der Waals surface area contributed by atoms with E-state index in [2.05, 4.69) is 16.0 Å². The second-order valence-corrected chi connectivity index (χ2v) is 15.0. The molecule has 314 valence electrons. The molecule has 57 heavy (non-hydrogen) atoms. The molecule has 4 bridgehead atoms. The lowest BCUT2D eigenvalue weighted by Gasteiger charge is -2.42. The molecule has 2 saturated heterocycles. The number of halogens is 1. The molecule has 0 spiro atoms. The smallest absolute Gasteiger partial charge is 0.409 e. The SMILES string of the molecule is COc1cc2cc(c1Cl)N(C)C(=O)CC(OC(=O)C(C)N(C)C(=O)CNC(=O)CNC(=O)CN)C1(C)OC1C(C)C1CC(O)(NC(=O)O1)C(OC)/C=C/C=C(\C)C2. The zero-order valence-electron chi connectivity index (χ0n) is 33.4. The minimum atomic E-state index is -1.87. The second-order valence-electron chi connectivity index (χ2n) is 14.7. The summed E-state index contributed by atoms with van der Waals surface area (Å²) in [6, 6.07) is 2.32. The molecule has 0 saturated carbocycles. The third-order valence-corrected chi connectivity index (χ3v) is 11.0. The van der Waals surface area contributed by atoms with Gasteiger partial charge in [0.2, 0.25) is 23.6 Å². The Balaban J connectivity index is 1.67. The first-order chi connectivity index (χ1) is 26.8. The van der Waals surface area contributed by atoms with Gasteiger partial charge in [-0.25, -0.2) is 9.59 Å². The van der Waals surface area contributed by atoms with Crippen molar-refractivity contribution in [3.8, 4) is 5.75 Å². The highest BCUT2D eigenvalue weighted by atomic mass is 35.5. The van der Waals surface area contributed by atoms with Gasteiger partial charge in [0.15, 0.2) is 5.72 Å². The Morgan fingerprint density at radius 2 is 1.86 bits per heavy atom. The van der Waals surface area contributed by atoms with Gasteiger partial charge in [-0.2, -0.15) is 0 Å². The van der Waals surface area contributed by atoms with E-state index in [1.165, 1.54) is 40.1 Å². The highest BCUT2D eigenvalue weighted by Crippen LogP contribution is 2.49. The summed E-state index contributed by atoms with van der Waals surface area (Å²) in [6.45, 7) is 5.52. The van der Waals surface area contributed by atoms with Crippen LogP contribution in [0.4, 0.5) is 10.5 Å². The van der Waals surface area contributed by atoms with Gasteiger partial charge in [0.05, 0.1) is 45.0 Å². The number of esters is 1. The molecule has 3 aliphatic rings. The van der Waals surface area contributed by atoms with E-state index < -0.39 is 103 Å². The number of hydrogen-bond donors (Lipinski definition) is 5. The summed E-state index contributed by atoms with van der Waals surface area (Å²) >= 11 is 6.74. The van der Waals surface area contributed by atoms with Gasteiger partial charge < -0.3 is 55.0 Å². The summed E-state index contributed by atoms with van der Waals surface area (Å²) in [7, 11) is 5.73. The third kappa shape index (κ3) is 10.6. The number of anilines is 1. The van der Waals surface area contributed by atoms with Crippen LogP contribution in [0.15, 0.2) is 35.9 Å². The van der Waals surface area contributed by atoms with Gasteiger partial charge in [-0.1, -0.05) is 42.3 Å². The maximum absolute atomic E-state index is 14.2. The maximum atomic E-state index is 14.2. The molecule has 3 heterocycles. The molecule has 6 N–H and O–H groups in total. The first-order valence-electron chi connectivity index (χ1n) is 18.4. The molecule has 0 aliphatic carbocycles. The molecule has 18 nitrogen and oxygen atoms in total. The van der Waals surface area contributed by atoms with Crippen LogP contribution in [0.25, 0.3) is 0 Å². The summed E-state index contributed by atoms with van der Waals surface area (Å²) in [5.41, 5.74) is 4.04. The zero-order chi connectivity index (χ0) is 42.4. The number of nitrogens with one attached hydrogen (secondary N) is 3. The summed E-state index contributed by atoms with van der Waals surface area (Å²) in [5.74, 6) is -3.49. The Kier molecular flexibility index (Phi) is 14.7. The van der Waals surface area contributed by atoms with Crippen molar-refractivity contribution in [2.24, 2.45) is 11.7 Å². The number of hydrogen-bond acceptors (Lipinski definition) is 13. The largest absolute Gasteiger partial charge is 0.495 e. The topological polar surface area (TPSA) is 241 Å². The molecule has 4 rings (SSSR count). The van der Waals surface area contributed by atoms with Gasteiger partial charge in [-0.15, -0.1) is 0 Å². The fraction of sp³-hybridized carbons (Fsp3) is 0.579. The molecule has 8 unspecified atom stereocenters. The number of allylic oxidation sites excluding steroid dienone is 3. The van der Waals surface area contributed by atoms with Crippen molar-refractivity contribution in [3.63, 3.8) is 0 Å². The highest BCUT2D eigenvalue weighted by Gasteiger charge is 2.64. The first kappa shape index (κ1) is 45.0. The average molecular weight is 821 g/mol. The zero-order valence-corrected chi connectivity index (χ0v) is 34.1. The van der Waals surface area contributed by atoms with Crippen LogP contribution in [0.5, 0.6) is 5.75 Å². The molecule has 19 heteroatoms. The fourth-order valence-electron chi connectivity index (χ4n) is 6.83. The van der Waals surface area contributed by atoms with E-state index >= 15 is 0 Å². The van der Waals surface area contributed by atoms with Crippen molar-refractivity contribution in [2.45, 2.75) is 88.7 Å². The van der Waals surface area contributed by atoms with Crippen molar-refractivity contribution in [3.05, 3.63) is 46.5 Å². The number of fused-ring (bicyclic) bond motifs is 5. The van der Waals surface area contributed by atoms with Crippen molar-refractivity contribution in [1.82, 2.24) is 20.9 Å². The number of nitrogens with zero attached hydrogens (tertiary/aromatic N) is 2. The Labute approximate surface area is 336 Å². The fourth-order valence-corrected chi connectivity index (χ4v) is 7.14. The molecular formula is C38H53ClN6O12. The highest BCUT2D eigenvalue weighted by molar-refractivity contribution is 6.35. The number of aliphatic hydroxyl groups is 1. The Morgan fingerprint density at radius 3 is 2.51 bits per heavy atom. The molecule has 1 aromatic rings. The van der Waals surface area contributed by atoms with Crippen molar-refractivity contribution in [2.75, 3.05) is 52.8 Å². The number of ether oxygens (including phenoxy) is 5. The standard InChI is InChI=1S/C38H53ClN6O12/c1-20-10-9-11-27(54-8)38(52)16-26(55-36(51)43-38)21(2)34-37(4,57-34)28(15-31(48)45(6)24-13-23(12-20)14-25(53-7)33(24)39)56-35(50)22(3)44(5)32(49)19-42-30(47)18-41-29(46)17-40/h9-11,13-14,21-22,26-28,34,52H,12,15-19,40H2,1-8H3,(H,41,46)(H,42,47)(H,43,51)/b11-9+,20-10+. The van der Waals surface area contributed by atoms with E-state index in [1.54, 1.807) is 38.1 Å². The van der Waals surface area contributed by atoms with Crippen LogP contribution in [0.3, 0.4) is 0 Å². The first-order valence-corrected chi connectivity index (χ1v) is 18.7. The van der Waals surface area contributed by atoms with E-state index in [4.69, 9.17) is 41.0 Å². The Bertz CT molecular complexity index is 1790. The minimum absolute atomic E-state index is 0.0997. The molecular weight excluding hydrogens is 768 g/mol. The quantitative estimate of drug-likeness (QED) is 0.162. The van der Waals surface area contributed by atoms with Gasteiger partial charge in [0.25, 0.3) is 0 Å².